The largest absolute Gasteiger partial charge is 0.456 e. The molecule has 1 saturated heterocycles. The summed E-state index contributed by atoms with van der Waals surface area (Å²) in [6, 6.07) is 0. The van der Waals surface area contributed by atoms with Gasteiger partial charge in [0.25, 0.3) is 0 Å². The van der Waals surface area contributed by atoms with E-state index >= 15 is 0 Å². The molecule has 1 fully saturated rings. The van der Waals surface area contributed by atoms with Gasteiger partial charge in [-0.1, -0.05) is 20.8 Å². The molecule has 4 heteroatoms. The van der Waals surface area contributed by atoms with Crippen LogP contribution in [-0.4, -0.2) is 48.7 Å². The van der Waals surface area contributed by atoms with Crippen LogP contribution in [0.4, 0.5) is 0 Å². The summed E-state index contributed by atoms with van der Waals surface area (Å²) >= 11 is 0. The standard InChI is InChI=1S/C10H19N3O/c1-10(2,3)7-12-4-5-13-9(6-12)14-8-11-13/h8-9H,4-7H2,1-3H3. The van der Waals surface area contributed by atoms with Crippen LogP contribution in [0.5, 0.6) is 0 Å². The van der Waals surface area contributed by atoms with Crippen molar-refractivity contribution in [2.24, 2.45) is 10.5 Å². The van der Waals surface area contributed by atoms with Crippen LogP contribution in [0.15, 0.2) is 5.10 Å². The number of hydrogen-bond donors (Lipinski definition) is 0. The topological polar surface area (TPSA) is 28.1 Å². The molecule has 2 aliphatic rings. The van der Waals surface area contributed by atoms with Gasteiger partial charge < -0.3 is 4.74 Å². The third-order valence-corrected chi connectivity index (χ3v) is 2.50. The van der Waals surface area contributed by atoms with E-state index in [1.165, 1.54) is 0 Å². The van der Waals surface area contributed by atoms with E-state index in [0.29, 0.717) is 5.41 Å². The summed E-state index contributed by atoms with van der Waals surface area (Å²) in [5.41, 5.74) is 0.363. The number of ether oxygens (including phenoxy) is 1. The normalized spacial score (nSPS) is 27.6. The minimum Gasteiger partial charge on any atom is -0.456 e. The Balaban J connectivity index is 1.87. The molecule has 0 N–H and O–H groups in total. The Hall–Kier alpha value is -0.770. The average molecular weight is 197 g/mol. The summed E-state index contributed by atoms with van der Waals surface area (Å²) in [5.74, 6) is 0. The van der Waals surface area contributed by atoms with E-state index in [9.17, 15) is 0 Å². The molecule has 2 rings (SSSR count). The second kappa shape index (κ2) is 3.42. The van der Waals surface area contributed by atoms with Crippen LogP contribution in [0.3, 0.4) is 0 Å². The van der Waals surface area contributed by atoms with Gasteiger partial charge in [-0.05, 0) is 5.41 Å². The maximum Gasteiger partial charge on any atom is 0.201 e. The van der Waals surface area contributed by atoms with E-state index in [1.807, 2.05) is 5.01 Å². The van der Waals surface area contributed by atoms with Crippen LogP contribution < -0.4 is 0 Å². The third kappa shape index (κ3) is 2.18. The maximum absolute atomic E-state index is 5.39. The van der Waals surface area contributed by atoms with Crippen molar-refractivity contribution >= 4 is 6.40 Å². The van der Waals surface area contributed by atoms with E-state index < -0.39 is 0 Å². The van der Waals surface area contributed by atoms with Gasteiger partial charge in [-0.25, -0.2) is 0 Å². The molecule has 4 nitrogen and oxygen atoms in total. The summed E-state index contributed by atoms with van der Waals surface area (Å²) in [4.78, 5) is 2.45. The van der Waals surface area contributed by atoms with Gasteiger partial charge in [0, 0.05) is 13.1 Å². The molecular weight excluding hydrogens is 178 g/mol. The fourth-order valence-electron chi connectivity index (χ4n) is 2.01. The predicted octanol–water partition coefficient (Wildman–Crippen LogP) is 0.950. The predicted molar refractivity (Wildman–Crippen MR) is 56.0 cm³/mol. The van der Waals surface area contributed by atoms with Gasteiger partial charge in [-0.3, -0.25) is 9.91 Å². The van der Waals surface area contributed by atoms with Crippen molar-refractivity contribution in [3.63, 3.8) is 0 Å². The maximum atomic E-state index is 5.39. The number of nitrogens with zero attached hydrogens (tertiary/aromatic N) is 3. The SMILES string of the molecule is CC(C)(C)CN1CCN2N=COC2C1. The van der Waals surface area contributed by atoms with Gasteiger partial charge in [-0.15, -0.1) is 5.10 Å². The van der Waals surface area contributed by atoms with Crippen LogP contribution >= 0.6 is 0 Å². The fraction of sp³-hybridized carbons (Fsp3) is 0.900. The molecule has 1 atom stereocenters. The van der Waals surface area contributed by atoms with Crippen molar-refractivity contribution in [2.45, 2.75) is 27.0 Å². The van der Waals surface area contributed by atoms with Gasteiger partial charge in [0.15, 0.2) is 6.40 Å². The van der Waals surface area contributed by atoms with Gasteiger partial charge in [0.1, 0.15) is 0 Å². The second-order valence-corrected chi connectivity index (χ2v) is 5.27. The van der Waals surface area contributed by atoms with Crippen LogP contribution in [0.2, 0.25) is 0 Å². The Morgan fingerprint density at radius 1 is 1.43 bits per heavy atom. The number of hydrazone groups is 1. The van der Waals surface area contributed by atoms with Gasteiger partial charge >= 0.3 is 0 Å². The van der Waals surface area contributed by atoms with Gasteiger partial charge in [0.2, 0.25) is 6.23 Å². The zero-order valence-electron chi connectivity index (χ0n) is 9.23. The first-order chi connectivity index (χ1) is 6.54. The first kappa shape index (κ1) is 9.77. The van der Waals surface area contributed by atoms with Crippen molar-refractivity contribution in [3.8, 4) is 0 Å². The number of piperazine rings is 1. The van der Waals surface area contributed by atoms with E-state index in [4.69, 9.17) is 4.74 Å². The molecule has 0 aromatic heterocycles. The highest BCUT2D eigenvalue weighted by atomic mass is 16.5. The minimum absolute atomic E-state index is 0.158. The van der Waals surface area contributed by atoms with Crippen molar-refractivity contribution in [1.82, 2.24) is 9.91 Å². The molecule has 14 heavy (non-hydrogen) atoms. The fourth-order valence-corrected chi connectivity index (χ4v) is 2.01. The molecule has 80 valence electrons. The van der Waals surface area contributed by atoms with E-state index in [1.54, 1.807) is 6.40 Å². The van der Waals surface area contributed by atoms with Gasteiger partial charge in [-0.2, -0.15) is 0 Å². The molecular formula is C10H19N3O. The van der Waals surface area contributed by atoms with Crippen LogP contribution in [0, 0.1) is 5.41 Å². The van der Waals surface area contributed by atoms with Crippen LogP contribution in [0.25, 0.3) is 0 Å². The highest BCUT2D eigenvalue weighted by Crippen LogP contribution is 2.20. The molecule has 0 aromatic rings. The first-order valence-corrected chi connectivity index (χ1v) is 5.21. The van der Waals surface area contributed by atoms with Crippen molar-refractivity contribution in [1.29, 1.82) is 0 Å². The smallest absolute Gasteiger partial charge is 0.201 e. The number of fused-ring (bicyclic) bond motifs is 1. The van der Waals surface area contributed by atoms with Crippen LogP contribution in [-0.2, 0) is 4.74 Å². The minimum atomic E-state index is 0.158. The molecule has 2 aliphatic heterocycles. The third-order valence-electron chi connectivity index (χ3n) is 2.50. The summed E-state index contributed by atoms with van der Waals surface area (Å²) in [5, 5.41) is 6.17. The molecule has 0 amide bonds. The number of rotatable bonds is 1. The lowest BCUT2D eigenvalue weighted by molar-refractivity contribution is -0.0237. The van der Waals surface area contributed by atoms with Crippen molar-refractivity contribution in [3.05, 3.63) is 0 Å². The van der Waals surface area contributed by atoms with E-state index in [2.05, 4.69) is 30.8 Å². The first-order valence-electron chi connectivity index (χ1n) is 5.21. The molecule has 0 aliphatic carbocycles. The molecule has 0 bridgehead atoms. The Kier molecular flexibility index (Phi) is 2.39. The Morgan fingerprint density at radius 3 is 2.93 bits per heavy atom. The molecule has 1 unspecified atom stereocenters. The quantitative estimate of drug-likeness (QED) is 0.626. The van der Waals surface area contributed by atoms with E-state index in [-0.39, 0.29) is 6.23 Å². The molecule has 0 spiro atoms. The summed E-state index contributed by atoms with van der Waals surface area (Å²) < 4.78 is 5.39. The van der Waals surface area contributed by atoms with Gasteiger partial charge in [0.05, 0.1) is 13.1 Å². The molecule has 0 saturated carbocycles. The van der Waals surface area contributed by atoms with E-state index in [0.717, 1.165) is 26.2 Å². The zero-order valence-corrected chi connectivity index (χ0v) is 9.23. The highest BCUT2D eigenvalue weighted by molar-refractivity contribution is 5.48. The lowest BCUT2D eigenvalue weighted by Crippen LogP contribution is -2.51. The molecule has 0 aromatic carbocycles. The van der Waals surface area contributed by atoms with Crippen molar-refractivity contribution < 1.29 is 4.74 Å². The zero-order chi connectivity index (χ0) is 10.2. The molecule has 0 radical (unpaired) electrons. The Morgan fingerprint density at radius 2 is 2.21 bits per heavy atom. The summed E-state index contributed by atoms with van der Waals surface area (Å²) in [6.07, 6.45) is 1.72. The lowest BCUT2D eigenvalue weighted by atomic mass is 9.96. The summed E-state index contributed by atoms with van der Waals surface area (Å²) in [6.45, 7) is 11.0. The Bertz CT molecular complexity index is 234. The number of hydrogen-bond acceptors (Lipinski definition) is 4. The highest BCUT2D eigenvalue weighted by Gasteiger charge is 2.31. The van der Waals surface area contributed by atoms with Crippen molar-refractivity contribution in [2.75, 3.05) is 26.2 Å². The lowest BCUT2D eigenvalue weighted by Gasteiger charge is -2.38. The van der Waals surface area contributed by atoms with Crippen LogP contribution in [0.1, 0.15) is 20.8 Å². The Labute approximate surface area is 85.5 Å². The average Bonchev–Trinajstić information content (AvgIpc) is 2.47. The molecule has 2 heterocycles. The monoisotopic (exact) mass is 197 g/mol. The second-order valence-electron chi connectivity index (χ2n) is 5.27. The summed E-state index contributed by atoms with van der Waals surface area (Å²) in [7, 11) is 0.